The molecule has 0 bridgehead atoms. The van der Waals surface area contributed by atoms with Crippen LogP contribution in [0.15, 0.2) is 17.5 Å². The molecule has 1 fully saturated rings. The van der Waals surface area contributed by atoms with Crippen LogP contribution >= 0.6 is 22.7 Å². The van der Waals surface area contributed by atoms with E-state index in [0.29, 0.717) is 32.6 Å². The molecule has 5 nitrogen and oxygen atoms in total. The van der Waals surface area contributed by atoms with E-state index in [2.05, 4.69) is 0 Å². The predicted molar refractivity (Wildman–Crippen MR) is 99.7 cm³/mol. The minimum atomic E-state index is -0.807. The van der Waals surface area contributed by atoms with E-state index in [9.17, 15) is 9.59 Å². The van der Waals surface area contributed by atoms with Gasteiger partial charge in [-0.05, 0) is 30.9 Å². The fourth-order valence-corrected chi connectivity index (χ4v) is 5.20. The normalized spacial score (nSPS) is 18.0. The van der Waals surface area contributed by atoms with Crippen molar-refractivity contribution in [2.24, 2.45) is 5.73 Å². The molecule has 2 aromatic heterocycles. The van der Waals surface area contributed by atoms with E-state index in [1.54, 1.807) is 34.5 Å². The van der Waals surface area contributed by atoms with Gasteiger partial charge in [0.1, 0.15) is 0 Å². The molecule has 2 amide bonds. The first-order chi connectivity index (χ1) is 11.4. The van der Waals surface area contributed by atoms with Gasteiger partial charge >= 0.3 is 0 Å². The molecule has 0 spiro atoms. The molecule has 1 aliphatic rings. The highest BCUT2D eigenvalue weighted by atomic mass is 32.1. The molecule has 0 radical (unpaired) electrons. The second-order valence-electron chi connectivity index (χ2n) is 6.51. The Labute approximate surface area is 150 Å². The molecule has 3 rings (SSSR count). The van der Waals surface area contributed by atoms with Gasteiger partial charge in [0.2, 0.25) is 5.91 Å². The van der Waals surface area contributed by atoms with Crippen LogP contribution in [-0.2, 0) is 4.79 Å². The average Bonchev–Trinajstić information content (AvgIpc) is 3.15. The maximum Gasteiger partial charge on any atom is 0.264 e. The van der Waals surface area contributed by atoms with E-state index in [1.807, 2.05) is 29.3 Å². The van der Waals surface area contributed by atoms with E-state index in [1.165, 1.54) is 0 Å². The summed E-state index contributed by atoms with van der Waals surface area (Å²) in [6.45, 7) is 6.08. The molecule has 1 saturated heterocycles. The van der Waals surface area contributed by atoms with Crippen molar-refractivity contribution in [3.63, 3.8) is 0 Å². The van der Waals surface area contributed by atoms with Gasteiger partial charge in [0, 0.05) is 35.6 Å². The van der Waals surface area contributed by atoms with Crippen LogP contribution in [-0.4, -0.2) is 53.3 Å². The molecule has 24 heavy (non-hydrogen) atoms. The zero-order valence-electron chi connectivity index (χ0n) is 14.1. The summed E-state index contributed by atoms with van der Waals surface area (Å²) in [6.07, 6.45) is 1.56. The summed E-state index contributed by atoms with van der Waals surface area (Å²) < 4.78 is 2.33. The molecule has 2 aromatic rings. The molecule has 0 saturated carbocycles. The Bertz CT molecular complexity index is 713. The van der Waals surface area contributed by atoms with Crippen molar-refractivity contribution >= 4 is 43.9 Å². The van der Waals surface area contributed by atoms with Crippen LogP contribution in [0.4, 0.5) is 0 Å². The highest BCUT2D eigenvalue weighted by Gasteiger charge is 2.34. The highest BCUT2D eigenvalue weighted by molar-refractivity contribution is 7.27. The molecule has 1 unspecified atom stereocenters. The Hall–Kier alpha value is -1.44. The summed E-state index contributed by atoms with van der Waals surface area (Å²) in [7, 11) is 0. The topological polar surface area (TPSA) is 66.6 Å². The highest BCUT2D eigenvalue weighted by Crippen LogP contribution is 2.30. The molecule has 3 heterocycles. The number of thiophene rings is 2. The van der Waals surface area contributed by atoms with Gasteiger partial charge < -0.3 is 15.5 Å². The van der Waals surface area contributed by atoms with Crippen LogP contribution in [0, 0.1) is 0 Å². The Balaban J connectivity index is 1.61. The summed E-state index contributed by atoms with van der Waals surface area (Å²) in [5, 5.41) is 2.04. The number of fused-ring (bicyclic) bond motifs is 1. The average molecular weight is 366 g/mol. The van der Waals surface area contributed by atoms with Crippen LogP contribution in [0.1, 0.15) is 36.4 Å². The summed E-state index contributed by atoms with van der Waals surface area (Å²) in [5.41, 5.74) is 5.34. The molecule has 0 aromatic carbocycles. The lowest BCUT2D eigenvalue weighted by atomic mass is 9.95. The molecule has 2 N–H and O–H groups in total. The smallest absolute Gasteiger partial charge is 0.264 e. The lowest BCUT2D eigenvalue weighted by molar-refractivity contribution is -0.138. The predicted octanol–water partition coefficient (Wildman–Crippen LogP) is 2.76. The summed E-state index contributed by atoms with van der Waals surface area (Å²) in [4.78, 5) is 29.6. The van der Waals surface area contributed by atoms with E-state index >= 15 is 0 Å². The van der Waals surface area contributed by atoms with Crippen LogP contribution in [0.25, 0.3) is 9.40 Å². The lowest BCUT2D eigenvalue weighted by Gasteiger charge is -2.38. The van der Waals surface area contributed by atoms with E-state index in [4.69, 9.17) is 5.73 Å². The molecular formula is C17H23N3O2S2. The summed E-state index contributed by atoms with van der Waals surface area (Å²) in [6, 6.07) is 4.02. The van der Waals surface area contributed by atoms with Crippen molar-refractivity contribution in [1.29, 1.82) is 0 Å². The van der Waals surface area contributed by atoms with Crippen molar-refractivity contribution in [2.45, 2.75) is 32.2 Å². The van der Waals surface area contributed by atoms with Gasteiger partial charge in [-0.3, -0.25) is 9.59 Å². The zero-order chi connectivity index (χ0) is 17.3. The van der Waals surface area contributed by atoms with Gasteiger partial charge in [-0.25, -0.2) is 0 Å². The van der Waals surface area contributed by atoms with Gasteiger partial charge in [0.05, 0.1) is 10.4 Å². The maximum atomic E-state index is 12.7. The maximum absolute atomic E-state index is 12.7. The van der Waals surface area contributed by atoms with Crippen molar-refractivity contribution in [3.8, 4) is 0 Å². The fourth-order valence-electron chi connectivity index (χ4n) is 3.13. The van der Waals surface area contributed by atoms with Crippen LogP contribution in [0.3, 0.4) is 0 Å². The number of nitrogens with two attached hydrogens (primary N) is 1. The van der Waals surface area contributed by atoms with Crippen molar-refractivity contribution < 1.29 is 9.59 Å². The van der Waals surface area contributed by atoms with Gasteiger partial charge in [0.15, 0.2) is 0 Å². The molecular weight excluding hydrogens is 342 g/mol. The number of rotatable bonds is 4. The van der Waals surface area contributed by atoms with E-state index in [-0.39, 0.29) is 11.8 Å². The summed E-state index contributed by atoms with van der Waals surface area (Å²) in [5.74, 6) is 0.0626. The number of amides is 2. The van der Waals surface area contributed by atoms with Gasteiger partial charge in [0.25, 0.3) is 5.91 Å². The molecule has 7 heteroatoms. The Morgan fingerprint density at radius 3 is 2.50 bits per heavy atom. The quantitative estimate of drug-likeness (QED) is 0.906. The zero-order valence-corrected chi connectivity index (χ0v) is 15.7. The van der Waals surface area contributed by atoms with Crippen LogP contribution < -0.4 is 5.73 Å². The Kier molecular flexibility index (Phi) is 4.94. The third kappa shape index (κ3) is 3.34. The first kappa shape index (κ1) is 17.4. The van der Waals surface area contributed by atoms with Gasteiger partial charge in [-0.1, -0.05) is 13.3 Å². The second kappa shape index (κ2) is 6.82. The number of piperazine rings is 1. The standard InChI is InChI=1S/C17H23N3O2S2/c1-3-5-17(2,18)16(22)20-8-6-19(7-9-20)15(21)14-11-13-12(24-14)4-10-23-13/h4,10-11H,3,5-9,18H2,1-2H3. The van der Waals surface area contributed by atoms with E-state index in [0.717, 1.165) is 20.7 Å². The van der Waals surface area contributed by atoms with Gasteiger partial charge in [-0.15, -0.1) is 22.7 Å². The van der Waals surface area contributed by atoms with Crippen molar-refractivity contribution in [3.05, 3.63) is 22.4 Å². The third-order valence-electron chi connectivity index (χ3n) is 4.46. The third-order valence-corrected chi connectivity index (χ3v) is 6.54. The second-order valence-corrected chi connectivity index (χ2v) is 8.54. The number of carbonyl (C=O) groups excluding carboxylic acids is 2. The molecule has 1 aliphatic heterocycles. The number of carbonyl (C=O) groups is 2. The Morgan fingerprint density at radius 2 is 1.88 bits per heavy atom. The van der Waals surface area contributed by atoms with Crippen LogP contribution in [0.5, 0.6) is 0 Å². The monoisotopic (exact) mass is 365 g/mol. The lowest BCUT2D eigenvalue weighted by Crippen LogP contribution is -2.58. The molecule has 0 aliphatic carbocycles. The van der Waals surface area contributed by atoms with E-state index < -0.39 is 5.54 Å². The largest absolute Gasteiger partial charge is 0.338 e. The minimum Gasteiger partial charge on any atom is -0.338 e. The summed E-state index contributed by atoms with van der Waals surface area (Å²) >= 11 is 3.20. The SMILES string of the molecule is CCCC(C)(N)C(=O)N1CCN(C(=O)c2cc3sccc3s2)CC1. The number of nitrogens with zero attached hydrogens (tertiary/aromatic N) is 2. The van der Waals surface area contributed by atoms with Crippen LogP contribution in [0.2, 0.25) is 0 Å². The van der Waals surface area contributed by atoms with Crippen molar-refractivity contribution in [2.75, 3.05) is 26.2 Å². The minimum absolute atomic E-state index is 0.00640. The number of hydrogen-bond acceptors (Lipinski definition) is 5. The first-order valence-electron chi connectivity index (χ1n) is 8.27. The van der Waals surface area contributed by atoms with Crippen molar-refractivity contribution in [1.82, 2.24) is 9.80 Å². The molecule has 1 atom stereocenters. The fraction of sp³-hybridized carbons (Fsp3) is 0.529. The number of hydrogen-bond donors (Lipinski definition) is 1. The Morgan fingerprint density at radius 1 is 1.21 bits per heavy atom. The van der Waals surface area contributed by atoms with Gasteiger partial charge in [-0.2, -0.15) is 0 Å². The molecule has 130 valence electrons. The first-order valence-corrected chi connectivity index (χ1v) is 9.96.